The number of hydrogen-bond donors (Lipinski definition) is 0. The molecule has 0 saturated heterocycles. The molecule has 2 rings (SSSR count). The molecule has 4 nitrogen and oxygen atoms in total. The third-order valence-corrected chi connectivity index (χ3v) is 5.85. The summed E-state index contributed by atoms with van der Waals surface area (Å²) in [5.41, 5.74) is 1.45. The van der Waals surface area contributed by atoms with Crippen LogP contribution < -0.4 is 9.47 Å². The van der Waals surface area contributed by atoms with Crippen LogP contribution in [0.25, 0.3) is 0 Å². The van der Waals surface area contributed by atoms with Gasteiger partial charge in [-0.2, -0.15) is 0 Å². The van der Waals surface area contributed by atoms with Gasteiger partial charge in [0, 0.05) is 28.3 Å². The first kappa shape index (κ1) is 30.2. The number of benzene rings is 1. The number of hydrogen-bond acceptors (Lipinski definition) is 4. The van der Waals surface area contributed by atoms with Crippen molar-refractivity contribution in [3.63, 3.8) is 0 Å². The number of ether oxygens (including phenoxy) is 2. The second-order valence-corrected chi connectivity index (χ2v) is 8.84. The van der Waals surface area contributed by atoms with Gasteiger partial charge >= 0.3 is 0 Å². The molecular weight excluding hydrogens is 474 g/mol. The van der Waals surface area contributed by atoms with Crippen LogP contribution >= 0.6 is 0 Å². The Kier molecular flexibility index (Phi) is 17.3. The number of aromatic nitrogens is 1. The fraction of sp³-hybridized carbons (Fsp3) is 0.586. The molecule has 0 N–H and O–H groups in total. The summed E-state index contributed by atoms with van der Waals surface area (Å²) >= 11 is 0. The topological polar surface area (TPSA) is 48.4 Å². The standard InChI is InChI=1S/C29H43NO3.Cu/c1-3-5-7-9-11-13-21-32-27-18-15-25(16-19-27)29(31)23-26-17-20-28(24-30-26)33-22-14-12-10-8-6-4-2;/h15-20,24H,3-14,21-23H2,1-2H3;. The first-order valence-electron chi connectivity index (χ1n) is 13.1. The van der Waals surface area contributed by atoms with Crippen molar-refractivity contribution in [3.8, 4) is 11.5 Å². The number of ketones is 1. The second kappa shape index (κ2) is 19.5. The minimum absolute atomic E-state index is 0. The zero-order chi connectivity index (χ0) is 23.6. The monoisotopic (exact) mass is 516 g/mol. The molecule has 34 heavy (non-hydrogen) atoms. The van der Waals surface area contributed by atoms with Crippen molar-refractivity contribution in [2.45, 2.75) is 97.3 Å². The Balaban J connectivity index is 0.00000578. The van der Waals surface area contributed by atoms with Crippen molar-refractivity contribution in [2.75, 3.05) is 13.2 Å². The number of rotatable bonds is 19. The molecule has 2 aromatic rings. The molecule has 193 valence electrons. The van der Waals surface area contributed by atoms with Crippen LogP contribution in [-0.4, -0.2) is 24.0 Å². The molecule has 5 heteroatoms. The summed E-state index contributed by atoms with van der Waals surface area (Å²) < 4.78 is 11.6. The molecule has 0 saturated carbocycles. The summed E-state index contributed by atoms with van der Waals surface area (Å²) in [6, 6.07) is 11.3. The average molecular weight is 517 g/mol. The van der Waals surface area contributed by atoms with Gasteiger partial charge in [-0.3, -0.25) is 9.78 Å². The molecule has 0 fully saturated rings. The predicted molar refractivity (Wildman–Crippen MR) is 136 cm³/mol. The third kappa shape index (κ3) is 13.2. The van der Waals surface area contributed by atoms with Crippen LogP contribution in [0.3, 0.4) is 0 Å². The Morgan fingerprint density at radius 2 is 1.18 bits per heavy atom. The zero-order valence-electron chi connectivity index (χ0n) is 21.1. The number of Topliss-reactive ketones (excluding diaryl/α,β-unsaturated/α-hetero) is 1. The largest absolute Gasteiger partial charge is 0.494 e. The Labute approximate surface area is 217 Å². The molecule has 0 unspecified atom stereocenters. The van der Waals surface area contributed by atoms with Gasteiger partial charge in [-0.25, -0.2) is 0 Å². The SMILES string of the molecule is CCCCCCCCOc1ccc(C(=O)Cc2ccc(OCCCCCCCC)cn2)cc1.[Cu]. The maximum atomic E-state index is 12.6. The van der Waals surface area contributed by atoms with E-state index in [1.54, 1.807) is 6.20 Å². The van der Waals surface area contributed by atoms with Crippen molar-refractivity contribution in [1.29, 1.82) is 0 Å². The molecule has 0 atom stereocenters. The minimum atomic E-state index is 0. The van der Waals surface area contributed by atoms with Gasteiger partial charge in [-0.15, -0.1) is 0 Å². The van der Waals surface area contributed by atoms with Gasteiger partial charge < -0.3 is 9.47 Å². The predicted octanol–water partition coefficient (Wildman–Crippen LogP) is 7.98. The van der Waals surface area contributed by atoms with Gasteiger partial charge in [-0.05, 0) is 49.2 Å². The van der Waals surface area contributed by atoms with Crippen LogP contribution in [0.15, 0.2) is 42.6 Å². The normalized spacial score (nSPS) is 10.5. The van der Waals surface area contributed by atoms with E-state index in [4.69, 9.17) is 9.47 Å². The number of unbranched alkanes of at least 4 members (excludes halogenated alkanes) is 10. The maximum absolute atomic E-state index is 12.6. The Morgan fingerprint density at radius 1 is 0.676 bits per heavy atom. The van der Waals surface area contributed by atoms with E-state index in [0.29, 0.717) is 5.56 Å². The van der Waals surface area contributed by atoms with E-state index in [9.17, 15) is 4.79 Å². The molecule has 1 radical (unpaired) electrons. The Hall–Kier alpha value is -1.84. The zero-order valence-corrected chi connectivity index (χ0v) is 22.1. The van der Waals surface area contributed by atoms with Gasteiger partial charge in [0.25, 0.3) is 0 Å². The first-order valence-corrected chi connectivity index (χ1v) is 13.1. The van der Waals surface area contributed by atoms with Gasteiger partial charge in [0.2, 0.25) is 0 Å². The van der Waals surface area contributed by atoms with E-state index in [1.165, 1.54) is 64.2 Å². The third-order valence-electron chi connectivity index (χ3n) is 5.85. The van der Waals surface area contributed by atoms with Gasteiger partial charge in [0.05, 0.1) is 25.8 Å². The van der Waals surface area contributed by atoms with Crippen molar-refractivity contribution in [2.24, 2.45) is 0 Å². The molecule has 0 aliphatic heterocycles. The molecule has 1 aromatic heterocycles. The van der Waals surface area contributed by atoms with Gasteiger partial charge in [-0.1, -0.05) is 78.1 Å². The van der Waals surface area contributed by atoms with Crippen molar-refractivity contribution < 1.29 is 31.3 Å². The van der Waals surface area contributed by atoms with Crippen LogP contribution in [0.4, 0.5) is 0 Å². The van der Waals surface area contributed by atoms with Gasteiger partial charge in [0.15, 0.2) is 5.78 Å². The molecule has 0 aliphatic rings. The van der Waals surface area contributed by atoms with E-state index in [2.05, 4.69) is 18.8 Å². The summed E-state index contributed by atoms with van der Waals surface area (Å²) in [4.78, 5) is 17.0. The van der Waals surface area contributed by atoms with Gasteiger partial charge in [0.1, 0.15) is 11.5 Å². The number of carbonyl (C=O) groups is 1. The second-order valence-electron chi connectivity index (χ2n) is 8.84. The number of pyridine rings is 1. The number of nitrogens with zero attached hydrogens (tertiary/aromatic N) is 1. The summed E-state index contributed by atoms with van der Waals surface area (Å²) in [5, 5.41) is 0. The van der Waals surface area contributed by atoms with Crippen molar-refractivity contribution in [3.05, 3.63) is 53.9 Å². The van der Waals surface area contributed by atoms with Crippen LogP contribution in [0.5, 0.6) is 11.5 Å². The van der Waals surface area contributed by atoms with Crippen molar-refractivity contribution >= 4 is 5.78 Å². The summed E-state index contributed by atoms with van der Waals surface area (Å²) in [6.07, 6.45) is 17.0. The van der Waals surface area contributed by atoms with E-state index < -0.39 is 0 Å². The fourth-order valence-corrected chi connectivity index (χ4v) is 3.75. The molecule has 0 amide bonds. The van der Waals surface area contributed by atoms with Crippen LogP contribution in [0, 0.1) is 0 Å². The molecule has 0 aliphatic carbocycles. The molecule has 1 aromatic carbocycles. The van der Waals surface area contributed by atoms with Crippen molar-refractivity contribution in [1.82, 2.24) is 4.98 Å². The van der Waals surface area contributed by atoms with Crippen LogP contribution in [0.2, 0.25) is 0 Å². The molecule has 1 heterocycles. The first-order chi connectivity index (χ1) is 16.2. The molecular formula is C29H43CuNO3. The van der Waals surface area contributed by atoms with E-state index in [1.807, 2.05) is 36.4 Å². The fourth-order valence-electron chi connectivity index (χ4n) is 3.75. The summed E-state index contributed by atoms with van der Waals surface area (Å²) in [6.45, 7) is 5.92. The number of carbonyl (C=O) groups excluding carboxylic acids is 1. The van der Waals surface area contributed by atoms with E-state index in [-0.39, 0.29) is 29.3 Å². The maximum Gasteiger partial charge on any atom is 0.168 e. The minimum Gasteiger partial charge on any atom is -0.494 e. The van der Waals surface area contributed by atoms with E-state index in [0.717, 1.165) is 43.2 Å². The average Bonchev–Trinajstić information content (AvgIpc) is 2.84. The molecule has 0 bridgehead atoms. The summed E-state index contributed by atoms with van der Waals surface area (Å²) in [5.74, 6) is 1.66. The smallest absolute Gasteiger partial charge is 0.168 e. The summed E-state index contributed by atoms with van der Waals surface area (Å²) in [7, 11) is 0. The quantitative estimate of drug-likeness (QED) is 0.108. The van der Waals surface area contributed by atoms with Crippen LogP contribution in [0.1, 0.15) is 107 Å². The Bertz CT molecular complexity index is 762. The van der Waals surface area contributed by atoms with Crippen LogP contribution in [-0.2, 0) is 23.5 Å². The van der Waals surface area contributed by atoms with E-state index >= 15 is 0 Å². The Morgan fingerprint density at radius 3 is 1.71 bits per heavy atom. The molecule has 0 spiro atoms.